The number of hydrogen-bond acceptors (Lipinski definition) is 3. The minimum absolute atomic E-state index is 0.139. The van der Waals surface area contributed by atoms with Gasteiger partial charge in [0.15, 0.2) is 0 Å². The number of aryl methyl sites for hydroxylation is 1. The van der Waals surface area contributed by atoms with E-state index < -0.39 is 0 Å². The van der Waals surface area contributed by atoms with Crippen molar-refractivity contribution in [3.05, 3.63) is 11.9 Å². The molecule has 0 saturated carbocycles. The highest BCUT2D eigenvalue weighted by Gasteiger charge is 2.23. The predicted octanol–water partition coefficient (Wildman–Crippen LogP) is 1.09. The molecule has 1 aromatic heterocycles. The van der Waals surface area contributed by atoms with Gasteiger partial charge in [-0.3, -0.25) is 4.68 Å². The molecule has 0 amide bonds. The van der Waals surface area contributed by atoms with Gasteiger partial charge in [0.05, 0.1) is 11.9 Å². The van der Waals surface area contributed by atoms with E-state index in [0.29, 0.717) is 0 Å². The van der Waals surface area contributed by atoms with Gasteiger partial charge in [0.2, 0.25) is 0 Å². The number of aromatic nitrogens is 3. The van der Waals surface area contributed by atoms with Crippen LogP contribution >= 0.6 is 0 Å². The van der Waals surface area contributed by atoms with Crippen molar-refractivity contribution in [2.45, 2.75) is 32.6 Å². The predicted molar refractivity (Wildman–Crippen MR) is 57.2 cm³/mol. The van der Waals surface area contributed by atoms with E-state index in [2.05, 4.69) is 36.4 Å². The first kappa shape index (κ1) is 11.2. The van der Waals surface area contributed by atoms with Crippen LogP contribution in [0.5, 0.6) is 0 Å². The molecule has 0 aliphatic rings. The van der Waals surface area contributed by atoms with Crippen LogP contribution in [-0.4, -0.2) is 28.1 Å². The van der Waals surface area contributed by atoms with Gasteiger partial charge in [-0.25, -0.2) is 0 Å². The average molecular weight is 196 g/mol. The summed E-state index contributed by atoms with van der Waals surface area (Å²) < 4.78 is 1.85. The van der Waals surface area contributed by atoms with E-state index in [1.54, 1.807) is 0 Å². The van der Waals surface area contributed by atoms with Gasteiger partial charge in [0.25, 0.3) is 0 Å². The average Bonchev–Trinajstić information content (AvgIpc) is 2.52. The van der Waals surface area contributed by atoms with Crippen LogP contribution in [0.25, 0.3) is 0 Å². The third kappa shape index (κ3) is 2.54. The van der Waals surface area contributed by atoms with Gasteiger partial charge in [-0.1, -0.05) is 26.0 Å². The highest BCUT2D eigenvalue weighted by molar-refractivity contribution is 5.09. The van der Waals surface area contributed by atoms with Crippen molar-refractivity contribution < 1.29 is 0 Å². The van der Waals surface area contributed by atoms with Gasteiger partial charge in [0, 0.05) is 12.5 Å². The minimum Gasteiger partial charge on any atom is -0.317 e. The van der Waals surface area contributed by atoms with Gasteiger partial charge in [-0.2, -0.15) is 0 Å². The highest BCUT2D eigenvalue weighted by Crippen LogP contribution is 2.24. The molecule has 4 nitrogen and oxygen atoms in total. The van der Waals surface area contributed by atoms with Crippen molar-refractivity contribution in [2.24, 2.45) is 7.05 Å². The van der Waals surface area contributed by atoms with Gasteiger partial charge < -0.3 is 5.32 Å². The lowest BCUT2D eigenvalue weighted by atomic mass is 9.86. The first-order chi connectivity index (χ1) is 6.58. The van der Waals surface area contributed by atoms with Crippen molar-refractivity contribution in [1.82, 2.24) is 20.3 Å². The third-order valence-corrected chi connectivity index (χ3v) is 2.58. The Labute approximate surface area is 85.7 Å². The lowest BCUT2D eigenvalue weighted by Gasteiger charge is -2.24. The van der Waals surface area contributed by atoms with Gasteiger partial charge in [0.1, 0.15) is 0 Å². The molecule has 0 radical (unpaired) electrons. The summed E-state index contributed by atoms with van der Waals surface area (Å²) in [7, 11) is 1.94. The highest BCUT2D eigenvalue weighted by atomic mass is 15.4. The molecular weight excluding hydrogens is 176 g/mol. The van der Waals surface area contributed by atoms with Crippen LogP contribution in [0.15, 0.2) is 6.20 Å². The molecule has 0 bridgehead atoms. The molecule has 1 heterocycles. The Kier molecular flexibility index (Phi) is 3.63. The standard InChI is InChI=1S/C10H20N4/c1-5-11-7-6-10(2,3)9-8-12-13-14(9)4/h8,11H,5-7H2,1-4H3. The van der Waals surface area contributed by atoms with E-state index in [9.17, 15) is 0 Å². The van der Waals surface area contributed by atoms with Crippen LogP contribution in [0, 0.1) is 0 Å². The quantitative estimate of drug-likeness (QED) is 0.717. The number of rotatable bonds is 5. The molecule has 1 N–H and O–H groups in total. The van der Waals surface area contributed by atoms with Crippen molar-refractivity contribution in [3.8, 4) is 0 Å². The number of hydrogen-bond donors (Lipinski definition) is 1. The zero-order valence-electron chi connectivity index (χ0n) is 9.54. The first-order valence-electron chi connectivity index (χ1n) is 5.14. The first-order valence-corrected chi connectivity index (χ1v) is 5.14. The number of nitrogens with one attached hydrogen (secondary N) is 1. The maximum atomic E-state index is 3.96. The summed E-state index contributed by atoms with van der Waals surface area (Å²) in [4.78, 5) is 0. The Hall–Kier alpha value is -0.900. The maximum absolute atomic E-state index is 3.96. The molecule has 1 rings (SSSR count). The molecule has 0 fully saturated rings. The normalized spacial score (nSPS) is 12.0. The Bertz CT molecular complexity index is 277. The minimum atomic E-state index is 0.139. The summed E-state index contributed by atoms with van der Waals surface area (Å²) in [5.41, 5.74) is 1.33. The summed E-state index contributed by atoms with van der Waals surface area (Å²) in [5, 5.41) is 11.2. The zero-order valence-corrected chi connectivity index (χ0v) is 9.54. The topological polar surface area (TPSA) is 42.7 Å². The Morgan fingerprint density at radius 3 is 2.71 bits per heavy atom. The molecule has 0 saturated heterocycles. The largest absolute Gasteiger partial charge is 0.317 e. The van der Waals surface area contributed by atoms with E-state index in [-0.39, 0.29) is 5.41 Å². The molecular formula is C10H20N4. The molecule has 80 valence electrons. The molecule has 14 heavy (non-hydrogen) atoms. The second-order valence-corrected chi connectivity index (χ2v) is 4.23. The summed E-state index contributed by atoms with van der Waals surface area (Å²) in [5.74, 6) is 0. The molecule has 4 heteroatoms. The summed E-state index contributed by atoms with van der Waals surface area (Å²) in [6.45, 7) is 8.64. The van der Waals surface area contributed by atoms with Gasteiger partial charge >= 0.3 is 0 Å². The van der Waals surface area contributed by atoms with Crippen LogP contribution in [0.1, 0.15) is 32.9 Å². The molecule has 0 unspecified atom stereocenters. The van der Waals surface area contributed by atoms with E-state index in [4.69, 9.17) is 0 Å². The summed E-state index contributed by atoms with van der Waals surface area (Å²) >= 11 is 0. The van der Waals surface area contributed by atoms with Crippen LogP contribution in [0.3, 0.4) is 0 Å². The van der Waals surface area contributed by atoms with Crippen molar-refractivity contribution in [3.63, 3.8) is 0 Å². The second-order valence-electron chi connectivity index (χ2n) is 4.23. The van der Waals surface area contributed by atoms with Gasteiger partial charge in [-0.05, 0) is 19.5 Å². The van der Waals surface area contributed by atoms with Gasteiger partial charge in [-0.15, -0.1) is 5.10 Å². The van der Waals surface area contributed by atoms with E-state index in [1.165, 1.54) is 5.69 Å². The summed E-state index contributed by atoms with van der Waals surface area (Å²) in [6.07, 6.45) is 2.95. The van der Waals surface area contributed by atoms with Crippen LogP contribution < -0.4 is 5.32 Å². The molecule has 0 aliphatic heterocycles. The van der Waals surface area contributed by atoms with E-state index in [0.717, 1.165) is 19.5 Å². The fourth-order valence-corrected chi connectivity index (χ4v) is 1.61. The van der Waals surface area contributed by atoms with Crippen LogP contribution in [0.4, 0.5) is 0 Å². The fraction of sp³-hybridized carbons (Fsp3) is 0.800. The van der Waals surface area contributed by atoms with E-state index >= 15 is 0 Å². The Morgan fingerprint density at radius 1 is 1.50 bits per heavy atom. The van der Waals surface area contributed by atoms with Crippen molar-refractivity contribution in [2.75, 3.05) is 13.1 Å². The smallest absolute Gasteiger partial charge is 0.0730 e. The SMILES string of the molecule is CCNCCC(C)(C)c1cnnn1C. The molecule has 0 aliphatic carbocycles. The molecule has 0 aromatic carbocycles. The molecule has 1 aromatic rings. The summed E-state index contributed by atoms with van der Waals surface area (Å²) in [6, 6.07) is 0. The Balaban J connectivity index is 2.61. The van der Waals surface area contributed by atoms with Crippen LogP contribution in [0.2, 0.25) is 0 Å². The lowest BCUT2D eigenvalue weighted by molar-refractivity contribution is 0.428. The monoisotopic (exact) mass is 196 g/mol. The second kappa shape index (κ2) is 4.55. The van der Waals surface area contributed by atoms with Crippen LogP contribution in [-0.2, 0) is 12.5 Å². The maximum Gasteiger partial charge on any atom is 0.0730 e. The van der Waals surface area contributed by atoms with Crippen molar-refractivity contribution >= 4 is 0 Å². The van der Waals surface area contributed by atoms with Crippen molar-refractivity contribution in [1.29, 1.82) is 0 Å². The zero-order chi connectivity index (χ0) is 10.6. The Morgan fingerprint density at radius 2 is 2.21 bits per heavy atom. The molecule has 0 atom stereocenters. The number of nitrogens with zero attached hydrogens (tertiary/aromatic N) is 3. The fourth-order valence-electron chi connectivity index (χ4n) is 1.61. The third-order valence-electron chi connectivity index (χ3n) is 2.58. The lowest BCUT2D eigenvalue weighted by Crippen LogP contribution is -2.27. The van der Waals surface area contributed by atoms with E-state index in [1.807, 2.05) is 17.9 Å². The molecule has 0 spiro atoms.